The summed E-state index contributed by atoms with van der Waals surface area (Å²) in [5.41, 5.74) is 0.785. The Morgan fingerprint density at radius 1 is 1.50 bits per heavy atom. The first-order valence-corrected chi connectivity index (χ1v) is 5.24. The summed E-state index contributed by atoms with van der Waals surface area (Å²) in [6, 6.07) is 5.88. The van der Waals surface area contributed by atoms with Crippen LogP contribution in [-0.2, 0) is 5.75 Å². The van der Waals surface area contributed by atoms with E-state index in [0.717, 1.165) is 21.8 Å². The van der Waals surface area contributed by atoms with E-state index in [4.69, 9.17) is 0 Å². The van der Waals surface area contributed by atoms with Gasteiger partial charge in [0, 0.05) is 24.9 Å². The number of nitro benzene ring substituents is 1. The molecule has 0 aromatic heterocycles. The minimum Gasteiger partial charge on any atom is -0.261 e. The second kappa shape index (κ2) is 5.45. The molecule has 0 saturated heterocycles. The van der Waals surface area contributed by atoms with Crippen LogP contribution in [0.1, 0.15) is 5.56 Å². The van der Waals surface area contributed by atoms with Crippen LogP contribution in [-0.4, -0.2) is 22.4 Å². The van der Waals surface area contributed by atoms with Gasteiger partial charge >= 0.3 is 6.16 Å². The standard InChI is InChI=1S/C9H9FN2O3S/c1-11(9(10)13)16-6-7-2-4-8(5-3-7)12(14)15/h2-5H,6H2,1H3. The van der Waals surface area contributed by atoms with Crippen LogP contribution in [0.4, 0.5) is 14.9 Å². The van der Waals surface area contributed by atoms with Crippen LogP contribution in [0.5, 0.6) is 0 Å². The molecule has 0 aliphatic rings. The van der Waals surface area contributed by atoms with Gasteiger partial charge in [0.2, 0.25) is 0 Å². The van der Waals surface area contributed by atoms with E-state index in [0.29, 0.717) is 5.75 Å². The molecule has 0 N–H and O–H groups in total. The molecular formula is C9H9FN2O3S. The zero-order chi connectivity index (χ0) is 12.1. The summed E-state index contributed by atoms with van der Waals surface area (Å²) < 4.78 is 13.0. The van der Waals surface area contributed by atoms with E-state index in [1.807, 2.05) is 0 Å². The van der Waals surface area contributed by atoms with Crippen LogP contribution in [0.25, 0.3) is 0 Å². The van der Waals surface area contributed by atoms with Crippen molar-refractivity contribution in [1.29, 1.82) is 0 Å². The smallest absolute Gasteiger partial charge is 0.261 e. The van der Waals surface area contributed by atoms with Crippen molar-refractivity contribution in [1.82, 2.24) is 4.31 Å². The predicted octanol–water partition coefficient (Wildman–Crippen LogP) is 2.76. The third-order valence-corrected chi connectivity index (χ3v) is 2.81. The van der Waals surface area contributed by atoms with Crippen LogP contribution in [0.15, 0.2) is 24.3 Å². The topological polar surface area (TPSA) is 63.4 Å². The molecule has 16 heavy (non-hydrogen) atoms. The maximum atomic E-state index is 12.1. The fourth-order valence-corrected chi connectivity index (χ4v) is 1.57. The number of hydrogen-bond donors (Lipinski definition) is 0. The summed E-state index contributed by atoms with van der Waals surface area (Å²) in [5, 5.41) is 10.4. The largest absolute Gasteiger partial charge is 0.409 e. The van der Waals surface area contributed by atoms with E-state index in [9.17, 15) is 19.3 Å². The molecule has 0 aliphatic carbocycles. The van der Waals surface area contributed by atoms with Crippen LogP contribution < -0.4 is 0 Å². The lowest BCUT2D eigenvalue weighted by Crippen LogP contribution is -2.12. The van der Waals surface area contributed by atoms with Crippen molar-refractivity contribution in [3.05, 3.63) is 39.9 Å². The van der Waals surface area contributed by atoms with Gasteiger partial charge in [0.25, 0.3) is 5.69 Å². The van der Waals surface area contributed by atoms with Gasteiger partial charge in [-0.25, -0.2) is 4.79 Å². The first kappa shape index (κ1) is 12.4. The molecule has 0 aliphatic heterocycles. The fourth-order valence-electron chi connectivity index (χ4n) is 0.936. The second-order valence-electron chi connectivity index (χ2n) is 2.95. The van der Waals surface area contributed by atoms with Gasteiger partial charge < -0.3 is 0 Å². The third kappa shape index (κ3) is 3.50. The Bertz CT molecular complexity index is 396. The molecule has 5 nitrogen and oxygen atoms in total. The molecule has 1 aromatic carbocycles. The Kier molecular flexibility index (Phi) is 4.24. The Hall–Kier alpha value is -1.63. The molecule has 0 saturated carbocycles. The number of amides is 1. The first-order chi connectivity index (χ1) is 7.50. The summed E-state index contributed by atoms with van der Waals surface area (Å²) >= 11 is 0.991. The van der Waals surface area contributed by atoms with Crippen LogP contribution >= 0.6 is 11.9 Å². The van der Waals surface area contributed by atoms with Gasteiger partial charge in [0.05, 0.1) is 4.92 Å². The first-order valence-electron chi connectivity index (χ1n) is 4.30. The van der Waals surface area contributed by atoms with Crippen molar-refractivity contribution in [2.45, 2.75) is 5.75 Å². The normalized spacial score (nSPS) is 9.88. The van der Waals surface area contributed by atoms with E-state index < -0.39 is 11.1 Å². The van der Waals surface area contributed by atoms with E-state index in [-0.39, 0.29) is 5.69 Å². The summed E-state index contributed by atoms with van der Waals surface area (Å²) in [5.74, 6) is 0.379. The van der Waals surface area contributed by atoms with E-state index >= 15 is 0 Å². The molecule has 1 aromatic rings. The van der Waals surface area contributed by atoms with Gasteiger partial charge in [0.1, 0.15) is 0 Å². The Labute approximate surface area is 95.5 Å². The maximum Gasteiger partial charge on any atom is 0.409 e. The van der Waals surface area contributed by atoms with Crippen molar-refractivity contribution in [2.75, 3.05) is 7.05 Å². The summed E-state index contributed by atoms with van der Waals surface area (Å²) in [6.45, 7) is 0. The van der Waals surface area contributed by atoms with Crippen molar-refractivity contribution >= 4 is 23.8 Å². The zero-order valence-electron chi connectivity index (χ0n) is 8.42. The number of nitro groups is 1. The predicted molar refractivity (Wildman–Crippen MR) is 58.7 cm³/mol. The zero-order valence-corrected chi connectivity index (χ0v) is 9.24. The van der Waals surface area contributed by atoms with Gasteiger partial charge in [-0.1, -0.05) is 12.1 Å². The van der Waals surface area contributed by atoms with E-state index in [2.05, 4.69) is 0 Å². The number of rotatable bonds is 4. The lowest BCUT2D eigenvalue weighted by atomic mass is 10.2. The monoisotopic (exact) mass is 244 g/mol. The molecule has 0 spiro atoms. The molecule has 7 heteroatoms. The van der Waals surface area contributed by atoms with Crippen LogP contribution in [0.3, 0.4) is 0 Å². The van der Waals surface area contributed by atoms with Gasteiger partial charge in [0.15, 0.2) is 0 Å². The van der Waals surface area contributed by atoms with E-state index in [1.165, 1.54) is 19.2 Å². The van der Waals surface area contributed by atoms with Crippen molar-refractivity contribution in [2.24, 2.45) is 0 Å². The summed E-state index contributed by atoms with van der Waals surface area (Å²) in [7, 11) is 1.32. The van der Waals surface area contributed by atoms with Gasteiger partial charge in [-0.15, -0.1) is 4.39 Å². The lowest BCUT2D eigenvalue weighted by molar-refractivity contribution is -0.384. The lowest BCUT2D eigenvalue weighted by Gasteiger charge is -2.09. The highest BCUT2D eigenvalue weighted by atomic mass is 32.2. The third-order valence-electron chi connectivity index (χ3n) is 1.82. The molecule has 0 atom stereocenters. The highest BCUT2D eigenvalue weighted by molar-refractivity contribution is 7.96. The quantitative estimate of drug-likeness (QED) is 0.268. The Morgan fingerprint density at radius 3 is 2.50 bits per heavy atom. The average Bonchev–Trinajstić information content (AvgIpc) is 2.26. The molecule has 0 fully saturated rings. The number of hydrogen-bond acceptors (Lipinski definition) is 4. The number of halogens is 1. The Morgan fingerprint density at radius 2 is 2.06 bits per heavy atom. The molecule has 0 bridgehead atoms. The van der Waals surface area contributed by atoms with Crippen molar-refractivity contribution in [3.8, 4) is 0 Å². The molecule has 1 amide bonds. The Balaban J connectivity index is 2.56. The molecule has 86 valence electrons. The van der Waals surface area contributed by atoms with Crippen molar-refractivity contribution < 1.29 is 14.1 Å². The van der Waals surface area contributed by atoms with Crippen LogP contribution in [0, 0.1) is 10.1 Å². The number of carbonyl (C=O) groups excluding carboxylic acids is 1. The minimum absolute atomic E-state index is 0.00340. The summed E-state index contributed by atoms with van der Waals surface area (Å²) in [4.78, 5) is 20.1. The maximum absolute atomic E-state index is 12.1. The number of carbonyl (C=O) groups is 1. The fraction of sp³-hybridized carbons (Fsp3) is 0.222. The van der Waals surface area contributed by atoms with Gasteiger partial charge in [-0.3, -0.25) is 14.4 Å². The molecule has 0 unspecified atom stereocenters. The van der Waals surface area contributed by atoms with E-state index in [1.54, 1.807) is 12.1 Å². The van der Waals surface area contributed by atoms with Crippen LogP contribution in [0.2, 0.25) is 0 Å². The van der Waals surface area contributed by atoms with Gasteiger partial charge in [-0.05, 0) is 17.5 Å². The summed E-state index contributed by atoms with van der Waals surface area (Å²) in [6.07, 6.45) is -1.52. The molecule has 0 radical (unpaired) electrons. The molecular weight excluding hydrogens is 235 g/mol. The van der Waals surface area contributed by atoms with Crippen molar-refractivity contribution in [3.63, 3.8) is 0 Å². The number of benzene rings is 1. The number of nitrogens with zero attached hydrogens (tertiary/aromatic N) is 2. The average molecular weight is 244 g/mol. The number of non-ortho nitro benzene ring substituents is 1. The minimum atomic E-state index is -1.52. The molecule has 1 rings (SSSR count). The highest BCUT2D eigenvalue weighted by Crippen LogP contribution is 2.18. The molecule has 0 heterocycles. The SMILES string of the molecule is CN(SCc1ccc([N+](=O)[O-])cc1)C(=O)F. The highest BCUT2D eigenvalue weighted by Gasteiger charge is 2.08. The van der Waals surface area contributed by atoms with Gasteiger partial charge in [-0.2, -0.15) is 0 Å². The second-order valence-corrected chi connectivity index (χ2v) is 4.04.